The van der Waals surface area contributed by atoms with Crippen LogP contribution in [0.25, 0.3) is 0 Å². The summed E-state index contributed by atoms with van der Waals surface area (Å²) in [4.78, 5) is 14.7. The number of aromatic nitrogens is 2. The molecule has 108 valence electrons. The first kappa shape index (κ1) is 12.4. The molecule has 2 saturated carbocycles. The number of piperidine rings is 1. The molecule has 0 unspecified atom stereocenters. The molecule has 4 heteroatoms. The van der Waals surface area contributed by atoms with Crippen molar-refractivity contribution < 1.29 is 0 Å². The van der Waals surface area contributed by atoms with E-state index in [4.69, 9.17) is 4.99 Å². The molecule has 1 aromatic heterocycles. The Morgan fingerprint density at radius 2 is 2.10 bits per heavy atom. The molecule has 0 radical (unpaired) electrons. The second-order valence-electron chi connectivity index (χ2n) is 6.82. The van der Waals surface area contributed by atoms with Crippen molar-refractivity contribution in [2.45, 2.75) is 50.5 Å². The van der Waals surface area contributed by atoms with Gasteiger partial charge >= 0.3 is 0 Å². The maximum Gasteiger partial charge on any atom is 0.0921 e. The Kier molecular flexibility index (Phi) is 3.25. The van der Waals surface area contributed by atoms with Crippen molar-refractivity contribution in [1.82, 2.24) is 14.9 Å². The minimum absolute atomic E-state index is 0.638. The number of hydrogen-bond donors (Lipinski definition) is 1. The van der Waals surface area contributed by atoms with Crippen molar-refractivity contribution in [3.05, 3.63) is 18.2 Å². The van der Waals surface area contributed by atoms with Crippen LogP contribution in [0.2, 0.25) is 0 Å². The molecular weight excluding hydrogens is 248 g/mol. The molecule has 2 heterocycles. The third kappa shape index (κ3) is 2.36. The highest BCUT2D eigenvalue weighted by molar-refractivity contribution is 5.55. The summed E-state index contributed by atoms with van der Waals surface area (Å²) < 4.78 is 0. The van der Waals surface area contributed by atoms with Crippen LogP contribution in [0.1, 0.15) is 50.1 Å². The molecule has 1 aromatic rings. The standard InChI is InChI=1S/C16H24N4/c1-2-14-7-12(1)8-15(14)19-11-20-5-3-13(4-6-20)16-9-17-10-18-16/h9-15H,1-8H2,(H,17,18)/t12-,14+,15-/m0/s1. The van der Waals surface area contributed by atoms with Crippen molar-refractivity contribution in [1.29, 1.82) is 0 Å². The maximum atomic E-state index is 4.90. The summed E-state index contributed by atoms with van der Waals surface area (Å²) in [6, 6.07) is 0.638. The lowest BCUT2D eigenvalue weighted by Gasteiger charge is -2.30. The number of nitrogens with one attached hydrogen (secondary N) is 1. The van der Waals surface area contributed by atoms with Gasteiger partial charge in [0.1, 0.15) is 0 Å². The molecule has 2 aliphatic carbocycles. The summed E-state index contributed by atoms with van der Waals surface area (Å²) in [5, 5.41) is 0. The van der Waals surface area contributed by atoms with E-state index in [1.165, 1.54) is 44.2 Å². The minimum atomic E-state index is 0.638. The first-order valence-corrected chi connectivity index (χ1v) is 8.14. The zero-order chi connectivity index (χ0) is 13.4. The van der Waals surface area contributed by atoms with Crippen molar-refractivity contribution in [3.8, 4) is 0 Å². The molecule has 3 fully saturated rings. The molecule has 0 amide bonds. The van der Waals surface area contributed by atoms with Gasteiger partial charge in [0.15, 0.2) is 0 Å². The van der Waals surface area contributed by atoms with Crippen LogP contribution in [-0.2, 0) is 0 Å². The normalized spacial score (nSPS) is 34.4. The molecule has 0 aromatic carbocycles. The largest absolute Gasteiger partial charge is 0.363 e. The van der Waals surface area contributed by atoms with Crippen molar-refractivity contribution in [3.63, 3.8) is 0 Å². The Hall–Kier alpha value is -1.32. The first-order valence-electron chi connectivity index (χ1n) is 8.14. The number of rotatable bonds is 3. The number of hydrogen-bond acceptors (Lipinski definition) is 2. The molecule has 1 aliphatic heterocycles. The van der Waals surface area contributed by atoms with Crippen molar-refractivity contribution in [2.24, 2.45) is 16.8 Å². The van der Waals surface area contributed by atoms with E-state index < -0.39 is 0 Å². The molecule has 3 atom stereocenters. The number of aliphatic imine (C=N–C) groups is 1. The second-order valence-corrected chi connectivity index (χ2v) is 6.82. The van der Waals surface area contributed by atoms with E-state index in [0.29, 0.717) is 12.0 Å². The highest BCUT2D eigenvalue weighted by atomic mass is 15.2. The van der Waals surface area contributed by atoms with Gasteiger partial charge in [0.25, 0.3) is 0 Å². The zero-order valence-corrected chi connectivity index (χ0v) is 12.0. The van der Waals surface area contributed by atoms with Gasteiger partial charge in [-0.15, -0.1) is 0 Å². The van der Waals surface area contributed by atoms with E-state index in [0.717, 1.165) is 24.9 Å². The Balaban J connectivity index is 1.29. The molecule has 1 saturated heterocycles. The number of nitrogens with zero attached hydrogens (tertiary/aromatic N) is 3. The summed E-state index contributed by atoms with van der Waals surface area (Å²) in [5.74, 6) is 2.55. The lowest BCUT2D eigenvalue weighted by Crippen LogP contribution is -2.32. The van der Waals surface area contributed by atoms with E-state index in [2.05, 4.69) is 21.2 Å². The molecule has 4 rings (SSSR count). The van der Waals surface area contributed by atoms with Gasteiger partial charge in [0.2, 0.25) is 0 Å². The molecule has 1 N–H and O–H groups in total. The van der Waals surface area contributed by atoms with E-state index in [9.17, 15) is 0 Å². The van der Waals surface area contributed by atoms with E-state index in [1.54, 1.807) is 6.33 Å². The highest BCUT2D eigenvalue weighted by Crippen LogP contribution is 2.45. The fourth-order valence-electron chi connectivity index (χ4n) is 4.39. The molecule has 20 heavy (non-hydrogen) atoms. The second kappa shape index (κ2) is 5.23. The average Bonchev–Trinajstić information content (AvgIpc) is 3.22. The summed E-state index contributed by atoms with van der Waals surface area (Å²) in [7, 11) is 0. The van der Waals surface area contributed by atoms with Gasteiger partial charge in [-0.1, -0.05) is 6.42 Å². The monoisotopic (exact) mass is 272 g/mol. The summed E-state index contributed by atoms with van der Waals surface area (Å²) >= 11 is 0. The van der Waals surface area contributed by atoms with Crippen LogP contribution in [0.5, 0.6) is 0 Å². The lowest BCUT2D eigenvalue weighted by molar-refractivity contribution is 0.314. The minimum Gasteiger partial charge on any atom is -0.363 e. The van der Waals surface area contributed by atoms with Crippen LogP contribution in [-0.4, -0.2) is 40.3 Å². The summed E-state index contributed by atoms with van der Waals surface area (Å²) in [5.41, 5.74) is 1.30. The quantitative estimate of drug-likeness (QED) is 0.679. The Labute approximate surface area is 120 Å². The fourth-order valence-corrected chi connectivity index (χ4v) is 4.39. The third-order valence-electron chi connectivity index (χ3n) is 5.61. The van der Waals surface area contributed by atoms with Crippen LogP contribution in [0.4, 0.5) is 0 Å². The van der Waals surface area contributed by atoms with Gasteiger partial charge in [-0.25, -0.2) is 4.98 Å². The van der Waals surface area contributed by atoms with Crippen LogP contribution >= 0.6 is 0 Å². The predicted octanol–water partition coefficient (Wildman–Crippen LogP) is 2.81. The van der Waals surface area contributed by atoms with Crippen LogP contribution in [0.15, 0.2) is 17.5 Å². The number of likely N-dealkylation sites (tertiary alicyclic amines) is 1. The molecule has 2 bridgehead atoms. The Morgan fingerprint density at radius 3 is 2.75 bits per heavy atom. The number of imidazole rings is 1. The lowest BCUT2D eigenvalue weighted by atomic mass is 9.94. The third-order valence-corrected chi connectivity index (χ3v) is 5.61. The van der Waals surface area contributed by atoms with Gasteiger partial charge in [-0.2, -0.15) is 0 Å². The molecule has 0 spiro atoms. The summed E-state index contributed by atoms with van der Waals surface area (Å²) in [6.45, 7) is 2.27. The number of H-pyrrole nitrogens is 1. The van der Waals surface area contributed by atoms with Crippen LogP contribution in [0.3, 0.4) is 0 Å². The molecule has 4 nitrogen and oxygen atoms in total. The number of aromatic amines is 1. The molecular formula is C16H24N4. The van der Waals surface area contributed by atoms with E-state index in [1.807, 2.05) is 6.20 Å². The van der Waals surface area contributed by atoms with Gasteiger partial charge in [-0.05, 0) is 43.9 Å². The predicted molar refractivity (Wildman–Crippen MR) is 79.9 cm³/mol. The fraction of sp³-hybridized carbons (Fsp3) is 0.750. The number of fused-ring (bicyclic) bond motifs is 2. The molecule has 3 aliphatic rings. The summed E-state index contributed by atoms with van der Waals surface area (Å²) in [6.07, 6.45) is 14.0. The Bertz CT molecular complexity index is 459. The highest BCUT2D eigenvalue weighted by Gasteiger charge is 2.39. The SMILES string of the molecule is C(=N[C@H]1C[C@H]2CC[C@@H]1C2)N1CCC(c2cnc[nH]2)CC1. The van der Waals surface area contributed by atoms with Crippen molar-refractivity contribution in [2.75, 3.05) is 13.1 Å². The van der Waals surface area contributed by atoms with Gasteiger partial charge in [0, 0.05) is 30.9 Å². The first-order chi connectivity index (χ1) is 9.88. The van der Waals surface area contributed by atoms with Crippen LogP contribution in [0, 0.1) is 11.8 Å². The average molecular weight is 272 g/mol. The van der Waals surface area contributed by atoms with E-state index >= 15 is 0 Å². The van der Waals surface area contributed by atoms with E-state index in [-0.39, 0.29) is 0 Å². The smallest absolute Gasteiger partial charge is 0.0921 e. The topological polar surface area (TPSA) is 44.3 Å². The van der Waals surface area contributed by atoms with Gasteiger partial charge in [-0.3, -0.25) is 4.99 Å². The zero-order valence-electron chi connectivity index (χ0n) is 12.0. The van der Waals surface area contributed by atoms with Crippen molar-refractivity contribution >= 4 is 6.34 Å². The van der Waals surface area contributed by atoms with Gasteiger partial charge < -0.3 is 9.88 Å². The Morgan fingerprint density at radius 1 is 1.20 bits per heavy atom. The maximum absolute atomic E-state index is 4.90. The van der Waals surface area contributed by atoms with Crippen LogP contribution < -0.4 is 0 Å². The van der Waals surface area contributed by atoms with Gasteiger partial charge in [0.05, 0.1) is 18.7 Å².